The van der Waals surface area contributed by atoms with Crippen LogP contribution in [0.25, 0.3) is 0 Å². The van der Waals surface area contributed by atoms with E-state index in [9.17, 15) is 13.2 Å². The summed E-state index contributed by atoms with van der Waals surface area (Å²) in [5.74, 6) is -1.65. The highest BCUT2D eigenvalue weighted by Crippen LogP contribution is 2.24. The summed E-state index contributed by atoms with van der Waals surface area (Å²) in [4.78, 5) is 11.1. The van der Waals surface area contributed by atoms with E-state index in [4.69, 9.17) is 28.3 Å². The molecule has 0 saturated heterocycles. The lowest BCUT2D eigenvalue weighted by atomic mass is 9.98. The van der Waals surface area contributed by atoms with E-state index >= 15 is 0 Å². The van der Waals surface area contributed by atoms with Crippen LogP contribution in [-0.4, -0.2) is 26.0 Å². The molecule has 2 N–H and O–H groups in total. The Kier molecular flexibility index (Phi) is 6.46. The average molecular weight is 354 g/mol. The summed E-state index contributed by atoms with van der Waals surface area (Å²) in [6.45, 7) is 3.59. The highest BCUT2D eigenvalue weighted by atomic mass is 35.5. The van der Waals surface area contributed by atoms with Crippen LogP contribution in [0.1, 0.15) is 20.3 Å². The third-order valence-electron chi connectivity index (χ3n) is 2.83. The van der Waals surface area contributed by atoms with E-state index in [1.165, 1.54) is 18.2 Å². The molecule has 0 heterocycles. The van der Waals surface area contributed by atoms with Gasteiger partial charge in [-0.1, -0.05) is 37.0 Å². The van der Waals surface area contributed by atoms with Crippen molar-refractivity contribution in [2.75, 3.05) is 6.54 Å². The number of carbonyl (C=O) groups is 1. The van der Waals surface area contributed by atoms with E-state index in [1.807, 2.05) is 13.8 Å². The number of rotatable bonds is 7. The van der Waals surface area contributed by atoms with Gasteiger partial charge in [0, 0.05) is 6.54 Å². The van der Waals surface area contributed by atoms with Crippen LogP contribution in [0.3, 0.4) is 0 Å². The zero-order valence-electron chi connectivity index (χ0n) is 11.6. The first-order valence-electron chi connectivity index (χ1n) is 6.31. The third-order valence-corrected chi connectivity index (χ3v) is 4.99. The summed E-state index contributed by atoms with van der Waals surface area (Å²) in [6.07, 6.45) is 0.388. The van der Waals surface area contributed by atoms with Crippen LogP contribution in [0.2, 0.25) is 10.0 Å². The van der Waals surface area contributed by atoms with Gasteiger partial charge in [-0.05, 0) is 30.5 Å². The van der Waals surface area contributed by atoms with Crippen molar-refractivity contribution in [3.05, 3.63) is 28.2 Å². The van der Waals surface area contributed by atoms with Gasteiger partial charge in [0.25, 0.3) is 0 Å². The Morgan fingerprint density at radius 2 is 1.90 bits per heavy atom. The number of hydrogen-bond donors (Lipinski definition) is 2. The molecule has 0 aliphatic heterocycles. The van der Waals surface area contributed by atoms with Crippen molar-refractivity contribution in [1.82, 2.24) is 4.72 Å². The summed E-state index contributed by atoms with van der Waals surface area (Å²) >= 11 is 11.5. The first-order chi connectivity index (χ1) is 9.63. The maximum Gasteiger partial charge on any atom is 0.307 e. The molecule has 1 atom stereocenters. The van der Waals surface area contributed by atoms with Gasteiger partial charge in [-0.25, -0.2) is 13.1 Å². The van der Waals surface area contributed by atoms with Crippen LogP contribution in [0.15, 0.2) is 23.1 Å². The molecule has 8 heteroatoms. The van der Waals surface area contributed by atoms with Crippen molar-refractivity contribution in [1.29, 1.82) is 0 Å². The van der Waals surface area contributed by atoms with Crippen LogP contribution in [0.4, 0.5) is 0 Å². The Hall–Kier alpha value is -0.820. The molecule has 1 rings (SSSR count). The van der Waals surface area contributed by atoms with E-state index in [-0.39, 0.29) is 27.4 Å². The van der Waals surface area contributed by atoms with Gasteiger partial charge in [0.2, 0.25) is 10.0 Å². The lowest BCUT2D eigenvalue weighted by molar-refractivity contribution is -0.142. The SMILES string of the molecule is CC(C)CC(CNS(=O)(=O)c1ccc(Cl)c(Cl)c1)C(=O)O. The first-order valence-corrected chi connectivity index (χ1v) is 8.55. The molecule has 1 unspecified atom stereocenters. The lowest BCUT2D eigenvalue weighted by Gasteiger charge is -2.15. The van der Waals surface area contributed by atoms with Gasteiger partial charge in [-0.3, -0.25) is 4.79 Å². The molecule has 5 nitrogen and oxygen atoms in total. The van der Waals surface area contributed by atoms with Crippen molar-refractivity contribution in [3.63, 3.8) is 0 Å². The number of carboxylic acids is 1. The smallest absolute Gasteiger partial charge is 0.307 e. The minimum Gasteiger partial charge on any atom is -0.481 e. The first kappa shape index (κ1) is 18.2. The molecule has 0 spiro atoms. The fourth-order valence-corrected chi connectivity index (χ4v) is 3.25. The molecule has 118 valence electrons. The molecular formula is C13H17Cl2NO4S. The molecule has 21 heavy (non-hydrogen) atoms. The molecular weight excluding hydrogens is 337 g/mol. The van der Waals surface area contributed by atoms with Gasteiger partial charge in [0.05, 0.1) is 20.9 Å². The summed E-state index contributed by atoms with van der Waals surface area (Å²) in [5, 5.41) is 9.47. The minimum absolute atomic E-state index is 0.0504. The molecule has 1 aromatic carbocycles. The quantitative estimate of drug-likeness (QED) is 0.788. The van der Waals surface area contributed by atoms with Gasteiger partial charge in [-0.15, -0.1) is 0 Å². The number of carboxylic acid groups (broad SMARTS) is 1. The van der Waals surface area contributed by atoms with Crippen molar-refractivity contribution in [3.8, 4) is 0 Å². The molecule has 0 aromatic heterocycles. The van der Waals surface area contributed by atoms with Crippen LogP contribution >= 0.6 is 23.2 Å². The van der Waals surface area contributed by atoms with Crippen molar-refractivity contribution in [2.24, 2.45) is 11.8 Å². The number of halogens is 2. The summed E-state index contributed by atoms with van der Waals surface area (Å²) < 4.78 is 26.5. The second kappa shape index (κ2) is 7.45. The van der Waals surface area contributed by atoms with Crippen molar-refractivity contribution >= 4 is 39.2 Å². The number of hydrogen-bond acceptors (Lipinski definition) is 3. The number of nitrogens with one attached hydrogen (secondary N) is 1. The molecule has 0 bridgehead atoms. The fourth-order valence-electron chi connectivity index (χ4n) is 1.78. The molecule has 0 saturated carbocycles. The highest BCUT2D eigenvalue weighted by molar-refractivity contribution is 7.89. The fraction of sp³-hybridized carbons (Fsp3) is 0.462. The van der Waals surface area contributed by atoms with Crippen LogP contribution in [-0.2, 0) is 14.8 Å². The molecule has 0 fully saturated rings. The second-order valence-corrected chi connectivity index (χ2v) is 7.67. The number of sulfonamides is 1. The standard InChI is InChI=1S/C13H17Cl2NO4S/c1-8(2)5-9(13(17)18)7-16-21(19,20)10-3-4-11(14)12(15)6-10/h3-4,6,8-9,16H,5,7H2,1-2H3,(H,17,18). The summed E-state index contributed by atoms with van der Waals surface area (Å²) in [5.41, 5.74) is 0. The molecule has 0 amide bonds. The van der Waals surface area contributed by atoms with Crippen LogP contribution in [0.5, 0.6) is 0 Å². The zero-order chi connectivity index (χ0) is 16.2. The Morgan fingerprint density at radius 1 is 1.29 bits per heavy atom. The molecule has 0 aliphatic rings. The van der Waals surface area contributed by atoms with Crippen LogP contribution in [0, 0.1) is 11.8 Å². The number of aliphatic carboxylic acids is 1. The van der Waals surface area contributed by atoms with E-state index in [0.29, 0.717) is 6.42 Å². The van der Waals surface area contributed by atoms with E-state index in [2.05, 4.69) is 4.72 Å². The second-order valence-electron chi connectivity index (χ2n) is 5.09. The monoisotopic (exact) mass is 353 g/mol. The van der Waals surface area contributed by atoms with Crippen molar-refractivity contribution < 1.29 is 18.3 Å². The van der Waals surface area contributed by atoms with Gasteiger partial charge in [-0.2, -0.15) is 0 Å². The lowest BCUT2D eigenvalue weighted by Crippen LogP contribution is -2.33. The van der Waals surface area contributed by atoms with Gasteiger partial charge in [0.1, 0.15) is 0 Å². The Morgan fingerprint density at radius 3 is 2.38 bits per heavy atom. The van der Waals surface area contributed by atoms with Crippen LogP contribution < -0.4 is 4.72 Å². The number of benzene rings is 1. The van der Waals surface area contributed by atoms with E-state index < -0.39 is 21.9 Å². The topological polar surface area (TPSA) is 83.5 Å². The minimum atomic E-state index is -3.82. The average Bonchev–Trinajstić information content (AvgIpc) is 2.37. The molecule has 0 radical (unpaired) electrons. The summed E-state index contributed by atoms with van der Waals surface area (Å²) in [6, 6.07) is 3.92. The Labute approximate surface area is 134 Å². The predicted octanol–water partition coefficient (Wildman–Crippen LogP) is 3.02. The maximum atomic E-state index is 12.1. The van der Waals surface area contributed by atoms with Gasteiger partial charge < -0.3 is 5.11 Å². The normalized spacial score (nSPS) is 13.4. The Balaban J connectivity index is 2.84. The maximum absolute atomic E-state index is 12.1. The largest absolute Gasteiger partial charge is 0.481 e. The van der Waals surface area contributed by atoms with Gasteiger partial charge >= 0.3 is 5.97 Å². The van der Waals surface area contributed by atoms with Crippen molar-refractivity contribution in [2.45, 2.75) is 25.2 Å². The zero-order valence-corrected chi connectivity index (χ0v) is 14.0. The molecule has 1 aromatic rings. The van der Waals surface area contributed by atoms with Gasteiger partial charge in [0.15, 0.2) is 0 Å². The highest BCUT2D eigenvalue weighted by Gasteiger charge is 2.23. The third kappa shape index (κ3) is 5.47. The predicted molar refractivity (Wildman–Crippen MR) is 82.2 cm³/mol. The Bertz CT molecular complexity index is 617. The van der Waals surface area contributed by atoms with E-state index in [1.54, 1.807) is 0 Å². The molecule has 0 aliphatic carbocycles. The van der Waals surface area contributed by atoms with E-state index in [0.717, 1.165) is 0 Å². The summed E-state index contributed by atoms with van der Waals surface area (Å²) in [7, 11) is -3.82.